The lowest BCUT2D eigenvalue weighted by molar-refractivity contribution is -0.384. The number of hydrogen-bond donors (Lipinski definition) is 1. The molecule has 0 radical (unpaired) electrons. The first-order valence-electron chi connectivity index (χ1n) is 8.51. The van der Waals surface area contributed by atoms with Crippen molar-refractivity contribution in [3.8, 4) is 11.1 Å². The zero-order valence-electron chi connectivity index (χ0n) is 15.5. The van der Waals surface area contributed by atoms with E-state index in [-0.39, 0.29) is 16.1 Å². The summed E-state index contributed by atoms with van der Waals surface area (Å²) in [5.74, 6) is 0.461. The maximum Gasteiger partial charge on any atom is 0.292 e. The van der Waals surface area contributed by atoms with Gasteiger partial charge < -0.3 is 5.32 Å². The molecule has 0 fully saturated rings. The topological polar surface area (TPSA) is 55.2 Å². The molecular formula is C21H26N2O2. The number of nitro benzene ring substituents is 1. The first kappa shape index (κ1) is 18.7. The predicted molar refractivity (Wildman–Crippen MR) is 106 cm³/mol. The van der Waals surface area contributed by atoms with Crippen molar-refractivity contribution in [2.45, 2.75) is 40.2 Å². The Hall–Kier alpha value is -2.62. The third-order valence-corrected chi connectivity index (χ3v) is 3.64. The molecule has 2 rings (SSSR count). The lowest BCUT2D eigenvalue weighted by Gasteiger charge is -2.22. The lowest BCUT2D eigenvalue weighted by Crippen LogP contribution is -2.26. The molecule has 2 aromatic rings. The molecular weight excluding hydrogens is 312 g/mol. The van der Waals surface area contributed by atoms with Crippen LogP contribution in [0.2, 0.25) is 0 Å². The summed E-state index contributed by atoms with van der Waals surface area (Å²) in [6.45, 7) is 10.2. The van der Waals surface area contributed by atoms with Crippen LogP contribution in [0.1, 0.15) is 40.2 Å². The fraction of sp³-hybridized carbons (Fsp3) is 0.333. The van der Waals surface area contributed by atoms with Crippen LogP contribution >= 0.6 is 0 Å². The van der Waals surface area contributed by atoms with Gasteiger partial charge in [0, 0.05) is 11.6 Å². The maximum atomic E-state index is 11.4. The number of rotatable bonds is 5. The van der Waals surface area contributed by atoms with E-state index >= 15 is 0 Å². The molecule has 4 heteroatoms. The number of nitro groups is 1. The second-order valence-electron chi connectivity index (χ2n) is 7.55. The van der Waals surface area contributed by atoms with Gasteiger partial charge in [-0.25, -0.2) is 0 Å². The van der Waals surface area contributed by atoms with Crippen molar-refractivity contribution < 1.29 is 4.92 Å². The van der Waals surface area contributed by atoms with Crippen LogP contribution in [0.4, 0.5) is 11.4 Å². The number of anilines is 1. The number of hydrogen-bond acceptors (Lipinski definition) is 3. The SMILES string of the molecule is CC(C)/C=C/c1ccccc1-c1ccc([N+](=O)[O-])c(NC(C)(C)C)c1. The Morgan fingerprint density at radius 1 is 1.12 bits per heavy atom. The van der Waals surface area contributed by atoms with E-state index in [1.165, 1.54) is 0 Å². The molecule has 1 N–H and O–H groups in total. The average molecular weight is 338 g/mol. The Kier molecular flexibility index (Phi) is 5.62. The fourth-order valence-electron chi connectivity index (χ4n) is 2.57. The molecule has 132 valence electrons. The molecule has 0 aliphatic heterocycles. The van der Waals surface area contributed by atoms with Crippen molar-refractivity contribution in [3.05, 3.63) is 64.2 Å². The summed E-state index contributed by atoms with van der Waals surface area (Å²) < 4.78 is 0. The Morgan fingerprint density at radius 2 is 1.80 bits per heavy atom. The molecule has 0 bridgehead atoms. The van der Waals surface area contributed by atoms with Crippen molar-refractivity contribution in [3.63, 3.8) is 0 Å². The normalized spacial score (nSPS) is 11.9. The molecule has 0 unspecified atom stereocenters. The van der Waals surface area contributed by atoms with Crippen LogP contribution in [0, 0.1) is 16.0 Å². The van der Waals surface area contributed by atoms with E-state index in [4.69, 9.17) is 0 Å². The summed E-state index contributed by atoms with van der Waals surface area (Å²) in [4.78, 5) is 11.0. The van der Waals surface area contributed by atoms with E-state index in [9.17, 15) is 10.1 Å². The van der Waals surface area contributed by atoms with Crippen LogP contribution < -0.4 is 5.32 Å². The van der Waals surface area contributed by atoms with Gasteiger partial charge in [0.1, 0.15) is 5.69 Å². The molecule has 0 saturated carbocycles. The summed E-state index contributed by atoms with van der Waals surface area (Å²) in [7, 11) is 0. The van der Waals surface area contributed by atoms with Gasteiger partial charge >= 0.3 is 0 Å². The quantitative estimate of drug-likeness (QED) is 0.526. The fourth-order valence-corrected chi connectivity index (χ4v) is 2.57. The van der Waals surface area contributed by atoms with Crippen molar-refractivity contribution in [1.29, 1.82) is 0 Å². The summed E-state index contributed by atoms with van der Waals surface area (Å²) >= 11 is 0. The van der Waals surface area contributed by atoms with Gasteiger partial charge in [-0.15, -0.1) is 0 Å². The zero-order valence-corrected chi connectivity index (χ0v) is 15.5. The minimum Gasteiger partial charge on any atom is -0.375 e. The molecule has 0 aliphatic carbocycles. The monoisotopic (exact) mass is 338 g/mol. The summed E-state index contributed by atoms with van der Waals surface area (Å²) in [6, 6.07) is 13.4. The number of nitrogens with zero attached hydrogens (tertiary/aromatic N) is 1. The highest BCUT2D eigenvalue weighted by molar-refractivity contribution is 5.80. The second-order valence-corrected chi connectivity index (χ2v) is 7.55. The third kappa shape index (κ3) is 5.18. The van der Waals surface area contributed by atoms with Crippen LogP contribution in [0.25, 0.3) is 17.2 Å². The minimum absolute atomic E-state index is 0.0916. The minimum atomic E-state index is -0.345. The van der Waals surface area contributed by atoms with E-state index in [1.54, 1.807) is 6.07 Å². The first-order chi connectivity index (χ1) is 11.7. The smallest absolute Gasteiger partial charge is 0.292 e. The lowest BCUT2D eigenvalue weighted by atomic mass is 9.97. The van der Waals surface area contributed by atoms with E-state index in [2.05, 4.69) is 37.4 Å². The van der Waals surface area contributed by atoms with Gasteiger partial charge in [0.2, 0.25) is 0 Å². The second kappa shape index (κ2) is 7.51. The van der Waals surface area contributed by atoms with Gasteiger partial charge in [0.05, 0.1) is 4.92 Å². The van der Waals surface area contributed by atoms with Crippen LogP contribution in [0.3, 0.4) is 0 Å². The number of nitrogens with one attached hydrogen (secondary N) is 1. The highest BCUT2D eigenvalue weighted by Gasteiger charge is 2.19. The predicted octanol–water partition coefficient (Wildman–Crippen LogP) is 6.14. The molecule has 0 aromatic heterocycles. The van der Waals surface area contributed by atoms with Crippen molar-refractivity contribution in [2.24, 2.45) is 5.92 Å². The zero-order chi connectivity index (χ0) is 18.6. The maximum absolute atomic E-state index is 11.4. The van der Waals surface area contributed by atoms with E-state index in [1.807, 2.05) is 51.1 Å². The molecule has 0 spiro atoms. The van der Waals surface area contributed by atoms with Gasteiger partial charge in [0.25, 0.3) is 5.69 Å². The van der Waals surface area contributed by atoms with E-state index in [0.717, 1.165) is 16.7 Å². The average Bonchev–Trinajstić information content (AvgIpc) is 2.51. The van der Waals surface area contributed by atoms with Gasteiger partial charge in [-0.1, -0.05) is 50.3 Å². The number of benzene rings is 2. The largest absolute Gasteiger partial charge is 0.375 e. The molecule has 0 atom stereocenters. The van der Waals surface area contributed by atoms with Gasteiger partial charge in [-0.3, -0.25) is 10.1 Å². The number of allylic oxidation sites excluding steroid dienone is 1. The molecule has 0 aliphatic rings. The van der Waals surface area contributed by atoms with E-state index < -0.39 is 0 Å². The molecule has 0 saturated heterocycles. The van der Waals surface area contributed by atoms with Crippen molar-refractivity contribution >= 4 is 17.5 Å². The summed E-state index contributed by atoms with van der Waals surface area (Å²) in [5, 5.41) is 14.6. The van der Waals surface area contributed by atoms with Crippen LogP contribution in [-0.4, -0.2) is 10.5 Å². The van der Waals surface area contributed by atoms with Crippen molar-refractivity contribution in [2.75, 3.05) is 5.32 Å². The highest BCUT2D eigenvalue weighted by atomic mass is 16.6. The summed E-state index contributed by atoms with van der Waals surface area (Å²) in [6.07, 6.45) is 4.26. The highest BCUT2D eigenvalue weighted by Crippen LogP contribution is 2.34. The van der Waals surface area contributed by atoms with Crippen LogP contribution in [0.5, 0.6) is 0 Å². The van der Waals surface area contributed by atoms with Crippen LogP contribution in [-0.2, 0) is 0 Å². The Bertz CT molecular complexity index is 787. The third-order valence-electron chi connectivity index (χ3n) is 3.64. The van der Waals surface area contributed by atoms with Crippen LogP contribution in [0.15, 0.2) is 48.5 Å². The van der Waals surface area contributed by atoms with Crippen molar-refractivity contribution in [1.82, 2.24) is 0 Å². The van der Waals surface area contributed by atoms with E-state index in [0.29, 0.717) is 11.6 Å². The summed E-state index contributed by atoms with van der Waals surface area (Å²) in [5.41, 5.74) is 3.49. The standard InChI is InChI=1S/C21H26N2O2/c1-15(2)10-11-16-8-6-7-9-18(16)17-12-13-20(23(24)25)19(14-17)22-21(3,4)5/h6-15,22H,1-5H3/b11-10+. The molecule has 0 amide bonds. The van der Waals surface area contributed by atoms with Gasteiger partial charge in [0.15, 0.2) is 0 Å². The molecule has 0 heterocycles. The molecule has 2 aromatic carbocycles. The van der Waals surface area contributed by atoms with Gasteiger partial charge in [-0.05, 0) is 55.5 Å². The molecule has 4 nitrogen and oxygen atoms in total. The first-order valence-corrected chi connectivity index (χ1v) is 8.51. The Labute approximate surface area is 149 Å². The molecule has 25 heavy (non-hydrogen) atoms. The van der Waals surface area contributed by atoms with Gasteiger partial charge in [-0.2, -0.15) is 0 Å². The Morgan fingerprint density at radius 3 is 2.40 bits per heavy atom. The Balaban J connectivity index is 2.54.